The number of hydrogen-bond donors (Lipinski definition) is 0. The first-order chi connectivity index (χ1) is 13.6. The van der Waals surface area contributed by atoms with E-state index >= 15 is 0 Å². The van der Waals surface area contributed by atoms with Crippen molar-refractivity contribution in [1.29, 1.82) is 5.26 Å². The van der Waals surface area contributed by atoms with E-state index in [2.05, 4.69) is 6.07 Å². The smallest absolute Gasteiger partial charge is 0.174 e. The third-order valence-corrected chi connectivity index (χ3v) is 8.97. The van der Waals surface area contributed by atoms with Crippen molar-refractivity contribution in [3.8, 4) is 6.07 Å². The molecule has 0 N–H and O–H groups in total. The second kappa shape index (κ2) is 8.87. The summed E-state index contributed by atoms with van der Waals surface area (Å²) in [7, 11) is 0. The van der Waals surface area contributed by atoms with Crippen molar-refractivity contribution in [2.75, 3.05) is 0 Å². The topological polar surface area (TPSA) is 40.9 Å². The molecule has 0 saturated carbocycles. The molecule has 3 aromatic carbocycles. The van der Waals surface area contributed by atoms with E-state index in [-0.39, 0.29) is 11.7 Å². The Morgan fingerprint density at radius 1 is 0.786 bits per heavy atom. The lowest BCUT2D eigenvalue weighted by Gasteiger charge is -2.30. The van der Waals surface area contributed by atoms with Crippen LogP contribution in [0.3, 0.4) is 0 Å². The molecule has 2 nitrogen and oxygen atoms in total. The van der Waals surface area contributed by atoms with Crippen LogP contribution in [-0.2, 0) is 4.79 Å². The molecule has 0 saturated heterocycles. The maximum absolute atomic E-state index is 13.3. The van der Waals surface area contributed by atoms with Gasteiger partial charge in [0.05, 0.1) is 0 Å². The minimum Gasteiger partial charge on any atom is -0.293 e. The van der Waals surface area contributed by atoms with E-state index in [9.17, 15) is 10.1 Å². The quantitative estimate of drug-likeness (QED) is 0.594. The standard InChI is InChI=1S/C25H24NOP/c1-20(2)18-24(27)25(19-26)28(21-12-6-3-7-13-21,22-14-8-4-9-15-22)23-16-10-5-11-17-23/h3-17,20H,18H2,1-2H3. The van der Waals surface area contributed by atoms with Crippen LogP contribution in [0.5, 0.6) is 0 Å². The molecule has 0 atom stereocenters. The number of nitrogens with zero attached hydrogens (tertiary/aromatic N) is 1. The molecule has 28 heavy (non-hydrogen) atoms. The van der Waals surface area contributed by atoms with E-state index in [1.165, 1.54) is 0 Å². The minimum atomic E-state index is -2.57. The summed E-state index contributed by atoms with van der Waals surface area (Å²) in [6.07, 6.45) is 0.372. The Kier molecular flexibility index (Phi) is 6.30. The van der Waals surface area contributed by atoms with E-state index in [1.54, 1.807) is 0 Å². The first-order valence-corrected chi connectivity index (χ1v) is 11.3. The number of carbonyl (C=O) groups is 1. The molecule has 3 rings (SSSR count). The molecule has 3 aromatic rings. The second-order valence-corrected chi connectivity index (χ2v) is 10.5. The predicted octanol–water partition coefficient (Wildman–Crippen LogP) is 4.29. The number of Topliss-reactive ketones (excluding diaryl/α,β-unsaturated/α-hetero) is 1. The van der Waals surface area contributed by atoms with Gasteiger partial charge in [-0.05, 0) is 28.7 Å². The third-order valence-electron chi connectivity index (χ3n) is 4.73. The van der Waals surface area contributed by atoms with Gasteiger partial charge in [-0.25, -0.2) is 0 Å². The molecule has 0 fully saturated rings. The molecule has 140 valence electrons. The van der Waals surface area contributed by atoms with Crippen molar-refractivity contribution in [2.24, 2.45) is 5.92 Å². The van der Waals surface area contributed by atoms with E-state index in [0.29, 0.717) is 11.7 Å². The van der Waals surface area contributed by atoms with Crippen molar-refractivity contribution in [3.05, 3.63) is 91.0 Å². The zero-order valence-corrected chi connectivity index (χ0v) is 17.1. The fourth-order valence-electron chi connectivity index (χ4n) is 3.58. The normalized spacial score (nSPS) is 11.1. The van der Waals surface area contributed by atoms with Gasteiger partial charge in [0.15, 0.2) is 5.78 Å². The Balaban J connectivity index is 2.53. The van der Waals surface area contributed by atoms with E-state index in [0.717, 1.165) is 15.9 Å². The van der Waals surface area contributed by atoms with Crippen LogP contribution in [0.2, 0.25) is 0 Å². The number of benzene rings is 3. The monoisotopic (exact) mass is 385 g/mol. The van der Waals surface area contributed by atoms with Crippen LogP contribution in [0.4, 0.5) is 0 Å². The van der Waals surface area contributed by atoms with Gasteiger partial charge < -0.3 is 0 Å². The summed E-state index contributed by atoms with van der Waals surface area (Å²) in [6.45, 7) is 1.46. The van der Waals surface area contributed by atoms with E-state index in [1.807, 2.05) is 105 Å². The van der Waals surface area contributed by atoms with Gasteiger partial charge in [-0.2, -0.15) is 5.26 Å². The van der Waals surface area contributed by atoms with Crippen LogP contribution in [0.1, 0.15) is 20.3 Å². The van der Waals surface area contributed by atoms with Crippen LogP contribution in [0.25, 0.3) is 0 Å². The van der Waals surface area contributed by atoms with Crippen LogP contribution in [0.15, 0.2) is 91.0 Å². The van der Waals surface area contributed by atoms with Gasteiger partial charge in [0.2, 0.25) is 0 Å². The Morgan fingerprint density at radius 3 is 1.43 bits per heavy atom. The van der Waals surface area contributed by atoms with Crippen molar-refractivity contribution in [1.82, 2.24) is 0 Å². The van der Waals surface area contributed by atoms with Crippen molar-refractivity contribution < 1.29 is 4.79 Å². The molecule has 0 radical (unpaired) electrons. The number of hydrogen-bond acceptors (Lipinski definition) is 2. The molecule has 0 aromatic heterocycles. The van der Waals surface area contributed by atoms with Gasteiger partial charge >= 0.3 is 0 Å². The summed E-state index contributed by atoms with van der Waals surface area (Å²) in [5, 5.41) is 13.7. The highest BCUT2D eigenvalue weighted by Gasteiger charge is 2.33. The van der Waals surface area contributed by atoms with Gasteiger partial charge in [0, 0.05) is 6.42 Å². The average Bonchev–Trinajstić information content (AvgIpc) is 2.73. The summed E-state index contributed by atoms with van der Waals surface area (Å²) in [6, 6.07) is 32.5. The molecule has 3 heteroatoms. The van der Waals surface area contributed by atoms with E-state index in [4.69, 9.17) is 0 Å². The highest BCUT2D eigenvalue weighted by Crippen LogP contribution is 2.46. The second-order valence-electron chi connectivity index (χ2n) is 7.16. The zero-order chi connectivity index (χ0) is 20.0. The summed E-state index contributed by atoms with van der Waals surface area (Å²) in [4.78, 5) is 13.3. The molecule has 0 bridgehead atoms. The van der Waals surface area contributed by atoms with Crippen LogP contribution in [-0.4, -0.2) is 11.1 Å². The van der Waals surface area contributed by atoms with Crippen molar-refractivity contribution in [2.45, 2.75) is 20.3 Å². The lowest BCUT2D eigenvalue weighted by molar-refractivity contribution is -0.113. The molecule has 0 amide bonds. The highest BCUT2D eigenvalue weighted by molar-refractivity contribution is 7.96. The van der Waals surface area contributed by atoms with Gasteiger partial charge in [-0.15, -0.1) is 0 Å². The molecule has 0 unspecified atom stereocenters. The third kappa shape index (κ3) is 3.72. The summed E-state index contributed by atoms with van der Waals surface area (Å²) < 4.78 is 0. The summed E-state index contributed by atoms with van der Waals surface area (Å²) in [5.41, 5.74) is 0. The number of ketones is 1. The van der Waals surface area contributed by atoms with Gasteiger partial charge in [-0.3, -0.25) is 4.79 Å². The summed E-state index contributed by atoms with van der Waals surface area (Å²) >= 11 is 0. The number of carbonyl (C=O) groups excluding carboxylic acids is 1. The Hall–Kier alpha value is -2.88. The van der Waals surface area contributed by atoms with Crippen molar-refractivity contribution in [3.63, 3.8) is 0 Å². The Morgan fingerprint density at radius 2 is 1.14 bits per heavy atom. The Labute approximate surface area is 167 Å². The van der Waals surface area contributed by atoms with Gasteiger partial charge in [0.25, 0.3) is 0 Å². The zero-order valence-electron chi connectivity index (χ0n) is 16.2. The minimum absolute atomic E-state index is 0.0533. The number of rotatable bonds is 6. The molecule has 0 aliphatic carbocycles. The molecule has 0 aliphatic heterocycles. The van der Waals surface area contributed by atoms with Gasteiger partial charge in [-0.1, -0.05) is 105 Å². The number of nitriles is 1. The molecule has 0 spiro atoms. The first-order valence-electron chi connectivity index (χ1n) is 9.47. The van der Waals surface area contributed by atoms with Crippen LogP contribution >= 0.6 is 6.89 Å². The average molecular weight is 385 g/mol. The lowest BCUT2D eigenvalue weighted by Crippen LogP contribution is -2.33. The Bertz CT molecular complexity index is 929. The molecular weight excluding hydrogens is 361 g/mol. The van der Waals surface area contributed by atoms with Crippen LogP contribution < -0.4 is 15.9 Å². The predicted molar refractivity (Wildman–Crippen MR) is 120 cm³/mol. The summed E-state index contributed by atoms with van der Waals surface area (Å²) in [5.74, 6) is 0.141. The van der Waals surface area contributed by atoms with Crippen molar-refractivity contribution >= 4 is 33.9 Å². The highest BCUT2D eigenvalue weighted by atomic mass is 31.2. The molecule has 0 heterocycles. The lowest BCUT2D eigenvalue weighted by atomic mass is 10.1. The fourth-order valence-corrected chi connectivity index (χ4v) is 7.72. The fraction of sp³-hybridized carbons (Fsp3) is 0.160. The molecular formula is C25H24NOP. The largest absolute Gasteiger partial charge is 0.293 e. The molecule has 0 aliphatic rings. The van der Waals surface area contributed by atoms with Gasteiger partial charge in [0.1, 0.15) is 11.4 Å². The maximum Gasteiger partial charge on any atom is 0.174 e. The maximum atomic E-state index is 13.3. The SMILES string of the molecule is CC(C)CC(=O)C(C#N)=P(c1ccccc1)(c1ccccc1)c1ccccc1. The van der Waals surface area contributed by atoms with E-state index < -0.39 is 6.89 Å². The first kappa shape index (κ1) is 19.9. The van der Waals surface area contributed by atoms with Crippen LogP contribution in [0, 0.1) is 17.2 Å².